The maximum absolute atomic E-state index is 13.2. The van der Waals surface area contributed by atoms with Crippen LogP contribution in [-0.4, -0.2) is 0 Å². The summed E-state index contributed by atoms with van der Waals surface area (Å²) in [5, 5.41) is 2.25. The fourth-order valence-electron chi connectivity index (χ4n) is 1.21. The van der Waals surface area contributed by atoms with Crippen LogP contribution in [0.1, 0.15) is 5.56 Å². The molecule has 0 fully saturated rings. The van der Waals surface area contributed by atoms with Gasteiger partial charge in [-0.15, -0.1) is 22.9 Å². The molecule has 4 heteroatoms. The van der Waals surface area contributed by atoms with Crippen LogP contribution in [0.3, 0.4) is 0 Å². The minimum Gasteiger partial charge on any atom is -0.205 e. The van der Waals surface area contributed by atoms with Crippen LogP contribution in [0, 0.1) is 9.39 Å². The largest absolute Gasteiger partial charge is 0.205 e. The second-order valence-electron chi connectivity index (χ2n) is 2.67. The molecule has 13 heavy (non-hydrogen) atoms. The van der Waals surface area contributed by atoms with Crippen molar-refractivity contribution in [2.24, 2.45) is 0 Å². The smallest absolute Gasteiger partial charge is 0.142 e. The van der Waals surface area contributed by atoms with E-state index in [0.717, 1.165) is 19.2 Å². The van der Waals surface area contributed by atoms with Crippen molar-refractivity contribution in [2.45, 2.75) is 5.88 Å². The topological polar surface area (TPSA) is 0 Å². The average molecular weight is 327 g/mol. The molecule has 0 spiro atoms. The zero-order valence-electron chi connectivity index (χ0n) is 6.48. The van der Waals surface area contributed by atoms with Gasteiger partial charge in [-0.1, -0.05) is 0 Å². The zero-order valence-corrected chi connectivity index (χ0v) is 10.2. The molecule has 2 rings (SSSR count). The standard InChI is InChI=1S/C9H5ClFIS/c10-3-5-1-7(12)9-6(11)4-13-8(9)2-5/h1-2,4H,3H2. The predicted octanol–water partition coefficient (Wildman–Crippen LogP) is 4.38. The van der Waals surface area contributed by atoms with Crippen molar-refractivity contribution < 1.29 is 4.39 Å². The average Bonchev–Trinajstić information content (AvgIpc) is 2.48. The molecular formula is C9H5ClFIS. The van der Waals surface area contributed by atoms with Gasteiger partial charge in [0.15, 0.2) is 0 Å². The predicted molar refractivity (Wildman–Crippen MR) is 64.1 cm³/mol. The minimum atomic E-state index is -0.134. The second kappa shape index (κ2) is 3.71. The van der Waals surface area contributed by atoms with Crippen LogP contribution >= 0.6 is 45.5 Å². The maximum atomic E-state index is 13.2. The number of halogens is 3. The number of thiophene rings is 1. The molecule has 0 unspecified atom stereocenters. The van der Waals surface area contributed by atoms with Crippen molar-refractivity contribution in [2.75, 3.05) is 0 Å². The molecule has 0 bridgehead atoms. The highest BCUT2D eigenvalue weighted by Crippen LogP contribution is 2.30. The molecule has 1 aromatic heterocycles. The molecule has 0 aliphatic heterocycles. The normalized spacial score (nSPS) is 11.0. The molecule has 0 nitrogen and oxygen atoms in total. The van der Waals surface area contributed by atoms with Crippen LogP contribution in [0.2, 0.25) is 0 Å². The highest BCUT2D eigenvalue weighted by Gasteiger charge is 2.08. The molecule has 1 aromatic carbocycles. The molecule has 0 radical (unpaired) electrons. The molecular weight excluding hydrogens is 322 g/mol. The molecule has 0 atom stereocenters. The van der Waals surface area contributed by atoms with E-state index in [1.165, 1.54) is 16.7 Å². The Morgan fingerprint density at radius 1 is 1.46 bits per heavy atom. The van der Waals surface area contributed by atoms with Gasteiger partial charge in [-0.3, -0.25) is 0 Å². The molecule has 1 heterocycles. The molecule has 0 aliphatic rings. The van der Waals surface area contributed by atoms with E-state index in [2.05, 4.69) is 22.6 Å². The number of hydrogen-bond donors (Lipinski definition) is 0. The lowest BCUT2D eigenvalue weighted by molar-refractivity contribution is 0.644. The van der Waals surface area contributed by atoms with Gasteiger partial charge in [0.1, 0.15) is 5.82 Å². The molecule has 2 aromatic rings. The fourth-order valence-corrected chi connectivity index (χ4v) is 3.39. The molecule has 68 valence electrons. The van der Waals surface area contributed by atoms with E-state index in [9.17, 15) is 4.39 Å². The number of fused-ring (bicyclic) bond motifs is 1. The first-order valence-electron chi connectivity index (χ1n) is 3.63. The van der Waals surface area contributed by atoms with Crippen molar-refractivity contribution in [3.05, 3.63) is 32.5 Å². The van der Waals surface area contributed by atoms with Crippen LogP contribution in [0.4, 0.5) is 4.39 Å². The van der Waals surface area contributed by atoms with Gasteiger partial charge in [0, 0.05) is 24.9 Å². The van der Waals surface area contributed by atoms with Gasteiger partial charge < -0.3 is 0 Å². The summed E-state index contributed by atoms with van der Waals surface area (Å²) in [6, 6.07) is 3.87. The van der Waals surface area contributed by atoms with E-state index >= 15 is 0 Å². The Hall–Kier alpha value is 0.130. The first kappa shape index (κ1) is 9.68. The van der Waals surface area contributed by atoms with Crippen LogP contribution in [-0.2, 0) is 5.88 Å². The van der Waals surface area contributed by atoms with Crippen LogP contribution in [0.15, 0.2) is 17.5 Å². The lowest BCUT2D eigenvalue weighted by atomic mass is 10.2. The summed E-state index contributed by atoms with van der Waals surface area (Å²) in [6.45, 7) is 0. The third-order valence-electron chi connectivity index (χ3n) is 1.80. The molecule has 0 N–H and O–H groups in total. The second-order valence-corrected chi connectivity index (χ2v) is 5.01. The van der Waals surface area contributed by atoms with E-state index in [-0.39, 0.29) is 5.82 Å². The Bertz CT molecular complexity index is 452. The first-order valence-corrected chi connectivity index (χ1v) is 6.12. The summed E-state index contributed by atoms with van der Waals surface area (Å²) in [4.78, 5) is 0. The van der Waals surface area contributed by atoms with Gasteiger partial charge in [0.25, 0.3) is 0 Å². The molecule has 0 amide bonds. The van der Waals surface area contributed by atoms with Crippen molar-refractivity contribution in [3.8, 4) is 0 Å². The number of benzene rings is 1. The first-order chi connectivity index (χ1) is 6.22. The summed E-state index contributed by atoms with van der Waals surface area (Å²) in [5.41, 5.74) is 1.04. The third-order valence-corrected chi connectivity index (χ3v) is 3.86. The van der Waals surface area contributed by atoms with Gasteiger partial charge in [-0.05, 0) is 40.3 Å². The van der Waals surface area contributed by atoms with Crippen molar-refractivity contribution in [3.63, 3.8) is 0 Å². The van der Waals surface area contributed by atoms with Crippen molar-refractivity contribution in [1.29, 1.82) is 0 Å². The van der Waals surface area contributed by atoms with Gasteiger partial charge in [-0.2, -0.15) is 0 Å². The summed E-state index contributed by atoms with van der Waals surface area (Å²) < 4.78 is 15.1. The summed E-state index contributed by atoms with van der Waals surface area (Å²) in [7, 11) is 0. The van der Waals surface area contributed by atoms with Gasteiger partial charge in [0.05, 0.1) is 0 Å². The molecule has 0 saturated heterocycles. The Morgan fingerprint density at radius 3 is 2.92 bits per heavy atom. The summed E-state index contributed by atoms with van der Waals surface area (Å²) in [6.07, 6.45) is 0. The lowest BCUT2D eigenvalue weighted by Crippen LogP contribution is -1.81. The maximum Gasteiger partial charge on any atom is 0.142 e. The Kier molecular flexibility index (Phi) is 2.76. The van der Waals surface area contributed by atoms with Crippen molar-refractivity contribution in [1.82, 2.24) is 0 Å². The zero-order chi connectivity index (χ0) is 9.42. The number of alkyl halides is 1. The van der Waals surface area contributed by atoms with E-state index in [1.807, 2.05) is 12.1 Å². The van der Waals surface area contributed by atoms with Crippen LogP contribution in [0.25, 0.3) is 10.1 Å². The fraction of sp³-hybridized carbons (Fsp3) is 0.111. The summed E-state index contributed by atoms with van der Waals surface area (Å²) >= 11 is 9.27. The molecule has 0 saturated carbocycles. The Balaban J connectivity index is 2.79. The van der Waals surface area contributed by atoms with Gasteiger partial charge in [-0.25, -0.2) is 4.39 Å². The van der Waals surface area contributed by atoms with E-state index in [0.29, 0.717) is 5.88 Å². The lowest BCUT2D eigenvalue weighted by Gasteiger charge is -1.98. The Labute approximate surface area is 97.8 Å². The highest BCUT2D eigenvalue weighted by molar-refractivity contribution is 14.1. The van der Waals surface area contributed by atoms with E-state index in [4.69, 9.17) is 11.6 Å². The Morgan fingerprint density at radius 2 is 2.23 bits per heavy atom. The number of rotatable bonds is 1. The van der Waals surface area contributed by atoms with Crippen LogP contribution < -0.4 is 0 Å². The highest BCUT2D eigenvalue weighted by atomic mass is 127. The third kappa shape index (κ3) is 1.69. The van der Waals surface area contributed by atoms with E-state index in [1.54, 1.807) is 0 Å². The monoisotopic (exact) mass is 326 g/mol. The van der Waals surface area contributed by atoms with Gasteiger partial charge in [0.2, 0.25) is 0 Å². The SMILES string of the molecule is Fc1csc2cc(CCl)cc(I)c12. The number of hydrogen-bond acceptors (Lipinski definition) is 1. The van der Waals surface area contributed by atoms with Gasteiger partial charge >= 0.3 is 0 Å². The minimum absolute atomic E-state index is 0.134. The summed E-state index contributed by atoms with van der Waals surface area (Å²) in [5.74, 6) is 0.344. The quantitative estimate of drug-likeness (QED) is 0.539. The van der Waals surface area contributed by atoms with Crippen molar-refractivity contribution >= 4 is 55.6 Å². The van der Waals surface area contributed by atoms with Crippen LogP contribution in [0.5, 0.6) is 0 Å². The van der Waals surface area contributed by atoms with E-state index < -0.39 is 0 Å². The molecule has 0 aliphatic carbocycles.